The summed E-state index contributed by atoms with van der Waals surface area (Å²) < 4.78 is 48.8. The van der Waals surface area contributed by atoms with E-state index in [9.17, 15) is 23.1 Å². The summed E-state index contributed by atoms with van der Waals surface area (Å²) in [4.78, 5) is 18.9. The Morgan fingerprint density at radius 1 is 1.11 bits per heavy atom. The van der Waals surface area contributed by atoms with Crippen LogP contribution in [0, 0.1) is 6.92 Å². The highest BCUT2D eigenvalue weighted by Crippen LogP contribution is 2.52. The lowest BCUT2D eigenvalue weighted by molar-refractivity contribution is -0.274. The van der Waals surface area contributed by atoms with Crippen LogP contribution < -0.4 is 4.74 Å². The number of ether oxygens (including phenoxy) is 1. The molecule has 1 saturated carbocycles. The Kier molecular flexibility index (Phi) is 6.55. The first-order valence-corrected chi connectivity index (χ1v) is 11.2. The predicted molar refractivity (Wildman–Crippen MR) is 121 cm³/mol. The van der Waals surface area contributed by atoms with Crippen molar-refractivity contribution in [2.45, 2.75) is 56.9 Å². The normalized spacial score (nSPS) is 16.4. The van der Waals surface area contributed by atoms with Gasteiger partial charge in [-0.25, -0.2) is 9.78 Å². The Labute approximate surface area is 200 Å². The molecule has 2 heterocycles. The van der Waals surface area contributed by atoms with Gasteiger partial charge >= 0.3 is 12.1 Å². The van der Waals surface area contributed by atoms with Gasteiger partial charge in [-0.2, -0.15) is 13.2 Å². The Morgan fingerprint density at radius 3 is 2.46 bits per heavy atom. The quantitative estimate of drug-likeness (QED) is 0.437. The number of hydrogen-bond acceptors (Lipinski definition) is 5. The van der Waals surface area contributed by atoms with Gasteiger partial charge < -0.3 is 14.9 Å². The van der Waals surface area contributed by atoms with Gasteiger partial charge in [-0.3, -0.25) is 4.98 Å². The van der Waals surface area contributed by atoms with E-state index in [1.165, 1.54) is 37.5 Å². The zero-order valence-corrected chi connectivity index (χ0v) is 19.2. The number of alkyl halides is 3. The highest BCUT2D eigenvalue weighted by Gasteiger charge is 2.59. The first-order chi connectivity index (χ1) is 16.5. The molecule has 0 radical (unpaired) electrons. The van der Waals surface area contributed by atoms with E-state index in [1.54, 1.807) is 31.2 Å². The third-order valence-corrected chi connectivity index (χ3v) is 6.39. The van der Waals surface area contributed by atoms with Crippen molar-refractivity contribution in [3.8, 4) is 5.75 Å². The number of nitrogens with zero attached hydrogens (tertiary/aromatic N) is 2. The number of carboxylic acids is 1. The number of aliphatic hydroxyl groups is 1. The second-order valence-corrected chi connectivity index (χ2v) is 8.88. The number of aryl methyl sites for hydroxylation is 1. The molecule has 0 saturated heterocycles. The zero-order valence-electron chi connectivity index (χ0n) is 19.2. The van der Waals surface area contributed by atoms with Gasteiger partial charge in [0.25, 0.3) is 0 Å². The van der Waals surface area contributed by atoms with Gasteiger partial charge in [0.15, 0.2) is 5.60 Å². The summed E-state index contributed by atoms with van der Waals surface area (Å²) in [5, 5.41) is 20.2. The van der Waals surface area contributed by atoms with Crippen LogP contribution in [-0.2, 0) is 12.2 Å². The molecular weight excluding hydrogens is 461 g/mol. The molecule has 1 fully saturated rings. The molecule has 2 N–H and O–H groups in total. The van der Waals surface area contributed by atoms with E-state index in [4.69, 9.17) is 9.84 Å². The molecule has 2 atom stereocenters. The summed E-state index contributed by atoms with van der Waals surface area (Å²) >= 11 is 0. The van der Waals surface area contributed by atoms with Crippen LogP contribution in [0.25, 0.3) is 0 Å². The molecular formula is C26H25F3N2O4. The minimum atomic E-state index is -4.92. The summed E-state index contributed by atoms with van der Waals surface area (Å²) in [7, 11) is 0. The van der Waals surface area contributed by atoms with E-state index in [0.717, 1.165) is 12.8 Å². The molecule has 0 aliphatic heterocycles. The SMILES string of the molecule is Cc1cc(C(O)(C(C)c2ccc(OCc3ccnc(C(=O)O)c3)cc2C2CC2)C(F)(F)F)ccn1. The first-order valence-electron chi connectivity index (χ1n) is 11.2. The summed E-state index contributed by atoms with van der Waals surface area (Å²) in [6.07, 6.45) is -0.592. The van der Waals surface area contributed by atoms with Crippen molar-refractivity contribution in [2.24, 2.45) is 0 Å². The topological polar surface area (TPSA) is 92.5 Å². The maximum atomic E-state index is 14.3. The molecule has 1 aliphatic carbocycles. The van der Waals surface area contributed by atoms with Crippen molar-refractivity contribution in [1.82, 2.24) is 9.97 Å². The molecule has 0 spiro atoms. The standard InChI is InChI=1S/C26H25F3N2O4/c1-15-11-19(8-10-30-15)25(34,26(27,28)29)16(2)21-6-5-20(13-22(21)18-3-4-18)35-14-17-7-9-31-23(12-17)24(32)33/h5-13,16,18,34H,3-4,14H2,1-2H3,(H,32,33). The number of aromatic carboxylic acids is 1. The monoisotopic (exact) mass is 486 g/mol. The zero-order chi connectivity index (χ0) is 25.4. The van der Waals surface area contributed by atoms with Crippen LogP contribution >= 0.6 is 0 Å². The Bertz CT molecular complexity index is 1240. The number of rotatable bonds is 8. The van der Waals surface area contributed by atoms with E-state index in [-0.39, 0.29) is 23.8 Å². The molecule has 2 aromatic heterocycles. The second-order valence-electron chi connectivity index (χ2n) is 8.88. The molecule has 2 unspecified atom stereocenters. The van der Waals surface area contributed by atoms with Gasteiger partial charge in [-0.05, 0) is 84.3 Å². The van der Waals surface area contributed by atoms with Crippen molar-refractivity contribution < 1.29 is 32.9 Å². The Hall–Kier alpha value is -3.46. The van der Waals surface area contributed by atoms with E-state index < -0.39 is 23.7 Å². The predicted octanol–water partition coefficient (Wildman–Crippen LogP) is 5.49. The average Bonchev–Trinajstić information content (AvgIpc) is 3.66. The van der Waals surface area contributed by atoms with E-state index in [1.807, 2.05) is 0 Å². The second kappa shape index (κ2) is 9.30. The molecule has 9 heteroatoms. The van der Waals surface area contributed by atoms with Crippen LogP contribution in [0.5, 0.6) is 5.75 Å². The van der Waals surface area contributed by atoms with Crippen molar-refractivity contribution in [3.05, 3.63) is 88.5 Å². The molecule has 6 nitrogen and oxygen atoms in total. The van der Waals surface area contributed by atoms with Gasteiger partial charge in [0, 0.05) is 24.0 Å². The first kappa shape index (κ1) is 24.7. The van der Waals surface area contributed by atoms with Crippen molar-refractivity contribution in [2.75, 3.05) is 0 Å². The number of carbonyl (C=O) groups is 1. The molecule has 184 valence electrons. The summed E-state index contributed by atoms with van der Waals surface area (Å²) in [5.41, 5.74) is -1.36. The molecule has 1 aliphatic rings. The fraction of sp³-hybridized carbons (Fsp3) is 0.346. The van der Waals surface area contributed by atoms with Gasteiger partial charge in [-0.1, -0.05) is 13.0 Å². The van der Waals surface area contributed by atoms with Crippen LogP contribution in [0.2, 0.25) is 0 Å². The summed E-state index contributed by atoms with van der Waals surface area (Å²) in [5.74, 6) is -1.89. The lowest BCUT2D eigenvalue weighted by atomic mass is 9.76. The highest BCUT2D eigenvalue weighted by molar-refractivity contribution is 5.85. The molecule has 1 aromatic carbocycles. The summed E-state index contributed by atoms with van der Waals surface area (Å²) in [6.45, 7) is 3.04. The number of benzene rings is 1. The molecule has 0 bridgehead atoms. The molecule has 0 amide bonds. The van der Waals surface area contributed by atoms with E-state index in [0.29, 0.717) is 28.1 Å². The van der Waals surface area contributed by atoms with Gasteiger partial charge in [0.1, 0.15) is 18.1 Å². The summed E-state index contributed by atoms with van der Waals surface area (Å²) in [6, 6.07) is 10.4. The van der Waals surface area contributed by atoms with Gasteiger partial charge in [-0.15, -0.1) is 0 Å². The van der Waals surface area contributed by atoms with Gasteiger partial charge in [0.2, 0.25) is 0 Å². The molecule has 3 aromatic rings. The lowest BCUT2D eigenvalue weighted by Crippen LogP contribution is -2.46. The number of aromatic nitrogens is 2. The van der Waals surface area contributed by atoms with Crippen LogP contribution in [0.1, 0.15) is 70.0 Å². The minimum Gasteiger partial charge on any atom is -0.489 e. The maximum Gasteiger partial charge on any atom is 0.422 e. The van der Waals surface area contributed by atoms with Gasteiger partial charge in [0.05, 0.1) is 0 Å². The Balaban J connectivity index is 1.66. The molecule has 35 heavy (non-hydrogen) atoms. The van der Waals surface area contributed by atoms with Crippen molar-refractivity contribution in [1.29, 1.82) is 0 Å². The average molecular weight is 486 g/mol. The number of halogens is 3. The fourth-order valence-corrected chi connectivity index (χ4v) is 4.30. The highest BCUT2D eigenvalue weighted by atomic mass is 19.4. The fourth-order valence-electron chi connectivity index (χ4n) is 4.30. The van der Waals surface area contributed by atoms with Crippen molar-refractivity contribution >= 4 is 5.97 Å². The van der Waals surface area contributed by atoms with Crippen LogP contribution in [-0.4, -0.2) is 32.3 Å². The third-order valence-electron chi connectivity index (χ3n) is 6.39. The Morgan fingerprint density at radius 2 is 1.83 bits per heavy atom. The van der Waals surface area contributed by atoms with E-state index >= 15 is 0 Å². The number of pyridine rings is 2. The number of carboxylic acid groups (broad SMARTS) is 1. The smallest absolute Gasteiger partial charge is 0.422 e. The minimum absolute atomic E-state index is 0.0740. The van der Waals surface area contributed by atoms with E-state index in [2.05, 4.69) is 9.97 Å². The van der Waals surface area contributed by atoms with Crippen LogP contribution in [0.3, 0.4) is 0 Å². The third kappa shape index (κ3) is 5.00. The largest absolute Gasteiger partial charge is 0.489 e. The van der Waals surface area contributed by atoms with Crippen LogP contribution in [0.15, 0.2) is 54.9 Å². The van der Waals surface area contributed by atoms with Crippen LogP contribution in [0.4, 0.5) is 13.2 Å². The van der Waals surface area contributed by atoms with Crippen molar-refractivity contribution in [3.63, 3.8) is 0 Å². The lowest BCUT2D eigenvalue weighted by Gasteiger charge is -2.37. The molecule has 4 rings (SSSR count). The maximum absolute atomic E-state index is 14.3. The number of hydrogen-bond donors (Lipinski definition) is 2.